The van der Waals surface area contributed by atoms with Gasteiger partial charge in [0.15, 0.2) is 0 Å². The first-order chi connectivity index (χ1) is 11.6. The summed E-state index contributed by atoms with van der Waals surface area (Å²) in [6.07, 6.45) is 2.84. The van der Waals surface area contributed by atoms with Crippen LogP contribution in [0.3, 0.4) is 0 Å². The first kappa shape index (κ1) is 19.5. The van der Waals surface area contributed by atoms with Crippen LogP contribution in [0.5, 0.6) is 0 Å². The van der Waals surface area contributed by atoms with Crippen LogP contribution in [0.25, 0.3) is 6.08 Å². The van der Waals surface area contributed by atoms with Crippen LogP contribution in [0.1, 0.15) is 16.7 Å². The summed E-state index contributed by atoms with van der Waals surface area (Å²) in [7, 11) is -3.86. The van der Waals surface area contributed by atoms with E-state index in [9.17, 15) is 13.2 Å². The molecular weight excluding hydrogens is 383 g/mol. The van der Waals surface area contributed by atoms with Crippen LogP contribution < -0.4 is 10.5 Å². The van der Waals surface area contributed by atoms with E-state index in [1.54, 1.807) is 38.1 Å². The smallest absolute Gasteiger partial charge is 0.248 e. The third-order valence-corrected chi connectivity index (χ3v) is 5.06. The SMILES string of the molecule is Cc1cc(S(N)(=O)=O)cc(NC(=O)/C=C/c2ccc(Cl)cc2Cl)c1C. The summed E-state index contributed by atoms with van der Waals surface area (Å²) < 4.78 is 23.1. The maximum Gasteiger partial charge on any atom is 0.248 e. The molecule has 0 aromatic heterocycles. The molecule has 0 atom stereocenters. The Bertz CT molecular complexity index is 970. The van der Waals surface area contributed by atoms with Gasteiger partial charge < -0.3 is 5.32 Å². The molecule has 0 spiro atoms. The number of amides is 1. The van der Waals surface area contributed by atoms with E-state index in [0.717, 1.165) is 5.56 Å². The van der Waals surface area contributed by atoms with Gasteiger partial charge >= 0.3 is 0 Å². The minimum atomic E-state index is -3.86. The van der Waals surface area contributed by atoms with E-state index in [1.165, 1.54) is 18.2 Å². The van der Waals surface area contributed by atoms with Crippen LogP contribution >= 0.6 is 23.2 Å². The molecule has 2 aromatic rings. The van der Waals surface area contributed by atoms with Gasteiger partial charge in [0, 0.05) is 21.8 Å². The number of carbonyl (C=O) groups excluding carboxylic acids is 1. The van der Waals surface area contributed by atoms with E-state index in [1.807, 2.05) is 0 Å². The maximum atomic E-state index is 12.1. The Hall–Kier alpha value is -1.86. The Morgan fingerprint density at radius 1 is 1.16 bits per heavy atom. The molecule has 0 saturated heterocycles. The fraction of sp³-hybridized carbons (Fsp3) is 0.118. The largest absolute Gasteiger partial charge is 0.322 e. The van der Waals surface area contributed by atoms with Gasteiger partial charge in [-0.05, 0) is 60.9 Å². The quantitative estimate of drug-likeness (QED) is 0.764. The molecule has 0 fully saturated rings. The van der Waals surface area contributed by atoms with Gasteiger partial charge in [0.05, 0.1) is 4.90 Å². The Balaban J connectivity index is 2.26. The van der Waals surface area contributed by atoms with Crippen molar-refractivity contribution in [2.75, 3.05) is 5.32 Å². The number of primary sulfonamides is 1. The maximum absolute atomic E-state index is 12.1. The number of aryl methyl sites for hydroxylation is 1. The highest BCUT2D eigenvalue weighted by Gasteiger charge is 2.13. The van der Waals surface area contributed by atoms with Crippen LogP contribution in [0.2, 0.25) is 10.0 Å². The van der Waals surface area contributed by atoms with Crippen molar-refractivity contribution in [1.82, 2.24) is 0 Å². The zero-order chi connectivity index (χ0) is 18.8. The first-order valence-corrected chi connectivity index (χ1v) is 9.46. The molecule has 0 aliphatic heterocycles. The summed E-state index contributed by atoms with van der Waals surface area (Å²) >= 11 is 11.9. The second kappa shape index (κ2) is 7.58. The predicted octanol–water partition coefficient (Wildman–Crippen LogP) is 3.91. The molecule has 0 radical (unpaired) electrons. The highest BCUT2D eigenvalue weighted by atomic mass is 35.5. The van der Waals surface area contributed by atoms with E-state index in [0.29, 0.717) is 26.9 Å². The van der Waals surface area contributed by atoms with Crippen LogP contribution in [-0.4, -0.2) is 14.3 Å². The van der Waals surface area contributed by atoms with Gasteiger partial charge in [-0.1, -0.05) is 29.3 Å². The molecule has 2 aromatic carbocycles. The molecule has 25 heavy (non-hydrogen) atoms. The number of carbonyl (C=O) groups is 1. The Morgan fingerprint density at radius 2 is 1.84 bits per heavy atom. The summed E-state index contributed by atoms with van der Waals surface area (Å²) in [4.78, 5) is 12.1. The lowest BCUT2D eigenvalue weighted by atomic mass is 10.1. The van der Waals surface area contributed by atoms with Crippen molar-refractivity contribution in [1.29, 1.82) is 0 Å². The van der Waals surface area contributed by atoms with E-state index in [2.05, 4.69) is 5.32 Å². The number of hydrogen-bond acceptors (Lipinski definition) is 3. The second-order valence-corrected chi connectivity index (χ2v) is 7.85. The number of benzene rings is 2. The highest BCUT2D eigenvalue weighted by molar-refractivity contribution is 7.89. The molecule has 132 valence electrons. The molecule has 0 aliphatic carbocycles. The average molecular weight is 399 g/mol. The molecule has 0 unspecified atom stereocenters. The van der Waals surface area contributed by atoms with Crippen molar-refractivity contribution in [3.8, 4) is 0 Å². The Labute approximate surface area is 156 Å². The summed E-state index contributed by atoms with van der Waals surface area (Å²) in [5.41, 5.74) is 2.46. The lowest BCUT2D eigenvalue weighted by Gasteiger charge is -2.11. The van der Waals surface area contributed by atoms with Crippen LogP contribution in [-0.2, 0) is 14.8 Å². The zero-order valence-electron chi connectivity index (χ0n) is 13.5. The lowest BCUT2D eigenvalue weighted by molar-refractivity contribution is -0.111. The van der Waals surface area contributed by atoms with Crippen molar-refractivity contribution in [2.24, 2.45) is 5.14 Å². The molecule has 2 rings (SSSR count). The number of rotatable bonds is 4. The molecular formula is C17H16Cl2N2O3S. The predicted molar refractivity (Wildman–Crippen MR) is 101 cm³/mol. The third-order valence-electron chi connectivity index (χ3n) is 3.60. The van der Waals surface area contributed by atoms with Crippen LogP contribution in [0.15, 0.2) is 41.3 Å². The second-order valence-electron chi connectivity index (χ2n) is 5.45. The number of nitrogens with one attached hydrogen (secondary N) is 1. The minimum Gasteiger partial charge on any atom is -0.322 e. The van der Waals surface area contributed by atoms with Crippen molar-refractivity contribution in [3.05, 3.63) is 63.1 Å². The first-order valence-electron chi connectivity index (χ1n) is 7.16. The molecule has 0 heterocycles. The summed E-state index contributed by atoms with van der Waals surface area (Å²) in [5.74, 6) is -0.430. The van der Waals surface area contributed by atoms with Crippen LogP contribution in [0.4, 0.5) is 5.69 Å². The third kappa shape index (κ3) is 5.06. The number of nitrogens with two attached hydrogens (primary N) is 1. The van der Waals surface area contributed by atoms with E-state index in [-0.39, 0.29) is 4.90 Å². The molecule has 0 saturated carbocycles. The van der Waals surface area contributed by atoms with Gasteiger partial charge in [0.1, 0.15) is 0 Å². The van der Waals surface area contributed by atoms with Crippen LogP contribution in [0, 0.1) is 13.8 Å². The van der Waals surface area contributed by atoms with Crippen molar-refractivity contribution >= 4 is 50.9 Å². The molecule has 0 bridgehead atoms. The molecule has 1 amide bonds. The minimum absolute atomic E-state index is 0.0596. The van der Waals surface area contributed by atoms with Crippen molar-refractivity contribution in [3.63, 3.8) is 0 Å². The van der Waals surface area contributed by atoms with Gasteiger partial charge in [0.2, 0.25) is 15.9 Å². The summed E-state index contributed by atoms with van der Waals surface area (Å²) in [5, 5.41) is 8.72. The average Bonchev–Trinajstić information content (AvgIpc) is 2.49. The number of hydrogen-bond donors (Lipinski definition) is 2. The van der Waals surface area contributed by atoms with E-state index >= 15 is 0 Å². The van der Waals surface area contributed by atoms with Crippen molar-refractivity contribution < 1.29 is 13.2 Å². The zero-order valence-corrected chi connectivity index (χ0v) is 15.8. The monoisotopic (exact) mass is 398 g/mol. The van der Waals surface area contributed by atoms with Gasteiger partial charge in [-0.15, -0.1) is 0 Å². The Kier molecular flexibility index (Phi) is 5.90. The number of halogens is 2. The molecule has 5 nitrogen and oxygen atoms in total. The fourth-order valence-corrected chi connectivity index (χ4v) is 3.19. The van der Waals surface area contributed by atoms with Crippen molar-refractivity contribution in [2.45, 2.75) is 18.7 Å². The van der Waals surface area contributed by atoms with E-state index in [4.69, 9.17) is 28.3 Å². The van der Waals surface area contributed by atoms with Gasteiger partial charge in [-0.3, -0.25) is 4.79 Å². The molecule has 0 aliphatic rings. The molecule has 8 heteroatoms. The number of anilines is 1. The van der Waals surface area contributed by atoms with Gasteiger partial charge in [-0.2, -0.15) is 0 Å². The topological polar surface area (TPSA) is 89.3 Å². The highest BCUT2D eigenvalue weighted by Crippen LogP contribution is 2.24. The normalized spacial score (nSPS) is 11.7. The standard InChI is InChI=1S/C17H16Cl2N2O3S/c1-10-7-14(25(20,23)24)9-16(11(10)2)21-17(22)6-4-12-3-5-13(18)8-15(12)19/h3-9H,1-2H3,(H,21,22)(H2,20,23,24)/b6-4+. The molecule has 3 N–H and O–H groups in total. The van der Waals surface area contributed by atoms with Gasteiger partial charge in [-0.25, -0.2) is 13.6 Å². The number of sulfonamides is 1. The Morgan fingerprint density at radius 3 is 2.44 bits per heavy atom. The van der Waals surface area contributed by atoms with Gasteiger partial charge in [0.25, 0.3) is 0 Å². The lowest BCUT2D eigenvalue weighted by Crippen LogP contribution is -2.15. The summed E-state index contributed by atoms with van der Waals surface area (Å²) in [6.45, 7) is 3.51. The summed E-state index contributed by atoms with van der Waals surface area (Å²) in [6, 6.07) is 7.71. The van der Waals surface area contributed by atoms with E-state index < -0.39 is 15.9 Å². The fourth-order valence-electron chi connectivity index (χ4n) is 2.10.